The summed E-state index contributed by atoms with van der Waals surface area (Å²) in [5.41, 5.74) is 5.84. The molecule has 0 aliphatic carbocycles. The van der Waals surface area contributed by atoms with Gasteiger partial charge in [-0.15, -0.1) is 11.3 Å². The Bertz CT molecular complexity index is 804. The molecule has 2 heterocycles. The van der Waals surface area contributed by atoms with Gasteiger partial charge in [-0.25, -0.2) is 5.43 Å². The molecule has 2 N–H and O–H groups in total. The highest BCUT2D eigenvalue weighted by molar-refractivity contribution is 7.11. The highest BCUT2D eigenvalue weighted by atomic mass is 32.1. The van der Waals surface area contributed by atoms with E-state index in [9.17, 15) is 4.79 Å². The summed E-state index contributed by atoms with van der Waals surface area (Å²) in [7, 11) is 0. The van der Waals surface area contributed by atoms with Crippen LogP contribution in [0.15, 0.2) is 52.9 Å². The molecule has 3 aromatic rings. The Kier molecular flexibility index (Phi) is 4.63. The third-order valence-corrected chi connectivity index (χ3v) is 4.19. The number of aromatic amines is 1. The smallest absolute Gasteiger partial charge is 0.272 e. The standard InChI is InChI=1S/C17H16N4OS/c1-2-12-5-7-13(8-6-12)15-10-16(20-19-15)17(22)21-18-11-14-4-3-9-23-14/h3-11H,2H2,1H3,(H,19,20)(H,21,22)/b18-11+. The summed E-state index contributed by atoms with van der Waals surface area (Å²) >= 11 is 1.55. The molecule has 23 heavy (non-hydrogen) atoms. The van der Waals surface area contributed by atoms with Crippen LogP contribution in [0.25, 0.3) is 11.3 Å². The second-order valence-electron chi connectivity index (χ2n) is 4.93. The Balaban J connectivity index is 1.67. The van der Waals surface area contributed by atoms with E-state index in [0.717, 1.165) is 22.6 Å². The van der Waals surface area contributed by atoms with Gasteiger partial charge in [0.15, 0.2) is 0 Å². The van der Waals surface area contributed by atoms with Gasteiger partial charge in [0.25, 0.3) is 5.91 Å². The number of aryl methyl sites for hydroxylation is 1. The van der Waals surface area contributed by atoms with E-state index in [1.54, 1.807) is 23.6 Å². The number of hydrazone groups is 1. The molecule has 1 aromatic carbocycles. The number of carbonyl (C=O) groups is 1. The van der Waals surface area contributed by atoms with Crippen LogP contribution in [0.2, 0.25) is 0 Å². The van der Waals surface area contributed by atoms with Crippen molar-refractivity contribution in [3.05, 3.63) is 64.0 Å². The maximum absolute atomic E-state index is 12.0. The maximum atomic E-state index is 12.0. The molecule has 3 rings (SSSR count). The summed E-state index contributed by atoms with van der Waals surface area (Å²) < 4.78 is 0. The van der Waals surface area contributed by atoms with Crippen molar-refractivity contribution in [3.63, 3.8) is 0 Å². The third kappa shape index (κ3) is 3.73. The molecule has 0 spiro atoms. The molecule has 0 aliphatic heterocycles. The molecule has 1 amide bonds. The van der Waals surface area contributed by atoms with E-state index in [1.165, 1.54) is 5.56 Å². The Morgan fingerprint density at radius 2 is 2.17 bits per heavy atom. The minimum absolute atomic E-state index is 0.318. The fraction of sp³-hybridized carbons (Fsp3) is 0.118. The second kappa shape index (κ2) is 7.02. The summed E-state index contributed by atoms with van der Waals surface area (Å²) in [5, 5.41) is 12.8. The van der Waals surface area contributed by atoms with Gasteiger partial charge < -0.3 is 0 Å². The van der Waals surface area contributed by atoms with Gasteiger partial charge in [0.2, 0.25) is 0 Å². The number of amides is 1. The zero-order valence-electron chi connectivity index (χ0n) is 12.6. The quantitative estimate of drug-likeness (QED) is 0.557. The van der Waals surface area contributed by atoms with Crippen molar-refractivity contribution in [1.82, 2.24) is 15.6 Å². The minimum Gasteiger partial charge on any atom is -0.272 e. The topological polar surface area (TPSA) is 70.1 Å². The molecule has 0 unspecified atom stereocenters. The normalized spacial score (nSPS) is 11.0. The van der Waals surface area contributed by atoms with Crippen LogP contribution in [-0.2, 0) is 6.42 Å². The van der Waals surface area contributed by atoms with Gasteiger partial charge in [0.1, 0.15) is 5.69 Å². The van der Waals surface area contributed by atoms with Crippen LogP contribution in [0.5, 0.6) is 0 Å². The van der Waals surface area contributed by atoms with E-state index in [1.807, 2.05) is 29.6 Å². The molecule has 0 saturated carbocycles. The molecule has 116 valence electrons. The van der Waals surface area contributed by atoms with Crippen molar-refractivity contribution >= 4 is 23.5 Å². The first kappa shape index (κ1) is 15.2. The molecule has 0 bridgehead atoms. The van der Waals surface area contributed by atoms with Gasteiger partial charge in [-0.3, -0.25) is 9.89 Å². The zero-order chi connectivity index (χ0) is 16.1. The Hall–Kier alpha value is -2.73. The van der Waals surface area contributed by atoms with Gasteiger partial charge in [-0.1, -0.05) is 37.3 Å². The lowest BCUT2D eigenvalue weighted by Crippen LogP contribution is -2.17. The van der Waals surface area contributed by atoms with Crippen molar-refractivity contribution in [3.8, 4) is 11.3 Å². The van der Waals surface area contributed by atoms with Gasteiger partial charge in [-0.2, -0.15) is 10.2 Å². The van der Waals surface area contributed by atoms with Crippen LogP contribution < -0.4 is 5.43 Å². The van der Waals surface area contributed by atoms with Gasteiger partial charge in [0.05, 0.1) is 11.9 Å². The number of rotatable bonds is 5. The van der Waals surface area contributed by atoms with Gasteiger partial charge >= 0.3 is 0 Å². The maximum Gasteiger partial charge on any atom is 0.289 e. The second-order valence-corrected chi connectivity index (χ2v) is 5.91. The third-order valence-electron chi connectivity index (χ3n) is 3.38. The van der Waals surface area contributed by atoms with Gasteiger partial charge in [-0.05, 0) is 29.5 Å². The van der Waals surface area contributed by atoms with E-state index in [-0.39, 0.29) is 5.91 Å². The number of carbonyl (C=O) groups excluding carboxylic acids is 1. The number of nitrogens with one attached hydrogen (secondary N) is 2. The number of hydrogen-bond donors (Lipinski definition) is 2. The predicted octanol–water partition coefficient (Wildman–Crippen LogP) is 3.46. The molecular weight excluding hydrogens is 308 g/mol. The number of thiophene rings is 1. The number of aromatic nitrogens is 2. The molecule has 0 aliphatic rings. The molecule has 0 fully saturated rings. The van der Waals surface area contributed by atoms with Crippen LogP contribution >= 0.6 is 11.3 Å². The van der Waals surface area contributed by atoms with Crippen LogP contribution in [0.4, 0.5) is 0 Å². The summed E-state index contributed by atoms with van der Waals surface area (Å²) in [5.74, 6) is -0.318. The van der Waals surface area contributed by atoms with E-state index in [4.69, 9.17) is 0 Å². The minimum atomic E-state index is -0.318. The SMILES string of the molecule is CCc1ccc(-c2cc(C(=O)N/N=C/c3cccs3)[nH]n2)cc1. The molecule has 5 nitrogen and oxygen atoms in total. The largest absolute Gasteiger partial charge is 0.289 e. The first-order valence-corrected chi connectivity index (χ1v) is 8.16. The average Bonchev–Trinajstić information content (AvgIpc) is 3.26. The van der Waals surface area contributed by atoms with Crippen molar-refractivity contribution in [1.29, 1.82) is 0 Å². The highest BCUT2D eigenvalue weighted by Crippen LogP contribution is 2.18. The Morgan fingerprint density at radius 3 is 2.87 bits per heavy atom. The Morgan fingerprint density at radius 1 is 1.35 bits per heavy atom. The summed E-state index contributed by atoms with van der Waals surface area (Å²) in [6.07, 6.45) is 2.61. The molecule has 0 atom stereocenters. The number of benzene rings is 1. The van der Waals surface area contributed by atoms with E-state index < -0.39 is 0 Å². The molecular formula is C17H16N4OS. The lowest BCUT2D eigenvalue weighted by atomic mass is 10.1. The average molecular weight is 324 g/mol. The van der Waals surface area contributed by atoms with Crippen molar-refractivity contribution in [2.45, 2.75) is 13.3 Å². The fourth-order valence-corrected chi connectivity index (χ4v) is 2.66. The van der Waals surface area contributed by atoms with Crippen LogP contribution in [-0.4, -0.2) is 22.3 Å². The summed E-state index contributed by atoms with van der Waals surface area (Å²) in [6, 6.07) is 13.7. The monoisotopic (exact) mass is 324 g/mol. The predicted molar refractivity (Wildman–Crippen MR) is 92.8 cm³/mol. The van der Waals surface area contributed by atoms with Crippen LogP contribution in [0.1, 0.15) is 27.9 Å². The lowest BCUT2D eigenvalue weighted by Gasteiger charge is -1.98. The first-order chi connectivity index (χ1) is 11.3. The molecule has 0 saturated heterocycles. The number of hydrogen-bond acceptors (Lipinski definition) is 4. The molecule has 2 aromatic heterocycles. The number of H-pyrrole nitrogens is 1. The van der Waals surface area contributed by atoms with Crippen molar-refractivity contribution < 1.29 is 4.79 Å². The van der Waals surface area contributed by atoms with Crippen molar-refractivity contribution in [2.24, 2.45) is 5.10 Å². The highest BCUT2D eigenvalue weighted by Gasteiger charge is 2.10. The van der Waals surface area contributed by atoms with Crippen LogP contribution in [0.3, 0.4) is 0 Å². The van der Waals surface area contributed by atoms with Crippen LogP contribution in [0, 0.1) is 0 Å². The Labute approximate surface area is 138 Å². The molecule has 0 radical (unpaired) electrons. The van der Waals surface area contributed by atoms with E-state index in [2.05, 4.69) is 39.8 Å². The van der Waals surface area contributed by atoms with Crippen molar-refractivity contribution in [2.75, 3.05) is 0 Å². The number of nitrogens with zero attached hydrogens (tertiary/aromatic N) is 2. The zero-order valence-corrected chi connectivity index (χ0v) is 13.4. The van der Waals surface area contributed by atoms with E-state index in [0.29, 0.717) is 5.69 Å². The lowest BCUT2D eigenvalue weighted by molar-refractivity contribution is 0.0950. The summed E-state index contributed by atoms with van der Waals surface area (Å²) in [6.45, 7) is 2.11. The van der Waals surface area contributed by atoms with E-state index >= 15 is 0 Å². The fourth-order valence-electron chi connectivity index (χ4n) is 2.08. The molecule has 6 heteroatoms. The first-order valence-electron chi connectivity index (χ1n) is 7.28. The van der Waals surface area contributed by atoms with Gasteiger partial charge in [0, 0.05) is 10.4 Å². The summed E-state index contributed by atoms with van der Waals surface area (Å²) in [4.78, 5) is 13.0.